The molecule has 1 aromatic rings. The van der Waals surface area contributed by atoms with Crippen LogP contribution in [0, 0.1) is 0 Å². The standard InChI is InChI=1S/C15H24N4O3/c1-6-13(21)19(7-2)10-12(20)16-9-8-11-17-14(22-18-11)15(3,4)5/h6H,1,7-10H2,2-5H3,(H,16,20). The molecule has 7 nitrogen and oxygen atoms in total. The molecule has 0 saturated carbocycles. The molecule has 1 rings (SSSR count). The van der Waals surface area contributed by atoms with Crippen LogP contribution in [-0.2, 0) is 21.4 Å². The Morgan fingerprint density at radius 1 is 1.41 bits per heavy atom. The lowest BCUT2D eigenvalue weighted by Crippen LogP contribution is -2.40. The van der Waals surface area contributed by atoms with Gasteiger partial charge < -0.3 is 14.7 Å². The normalized spacial score (nSPS) is 11.1. The molecular weight excluding hydrogens is 284 g/mol. The lowest BCUT2D eigenvalue weighted by atomic mass is 9.97. The van der Waals surface area contributed by atoms with E-state index in [9.17, 15) is 9.59 Å². The van der Waals surface area contributed by atoms with E-state index < -0.39 is 0 Å². The highest BCUT2D eigenvalue weighted by Crippen LogP contribution is 2.19. The molecule has 0 spiro atoms. The van der Waals surface area contributed by atoms with Crippen LogP contribution in [0.4, 0.5) is 0 Å². The van der Waals surface area contributed by atoms with Gasteiger partial charge in [-0.15, -0.1) is 0 Å². The monoisotopic (exact) mass is 308 g/mol. The zero-order chi connectivity index (χ0) is 16.8. The Labute approximate surface area is 130 Å². The molecule has 0 fully saturated rings. The molecular formula is C15H24N4O3. The van der Waals surface area contributed by atoms with Crippen molar-refractivity contribution < 1.29 is 14.1 Å². The molecule has 0 aromatic carbocycles. The number of hydrogen-bond donors (Lipinski definition) is 1. The van der Waals surface area contributed by atoms with Crippen LogP contribution in [0.3, 0.4) is 0 Å². The average molecular weight is 308 g/mol. The van der Waals surface area contributed by atoms with Gasteiger partial charge in [0.2, 0.25) is 17.7 Å². The van der Waals surface area contributed by atoms with Crippen molar-refractivity contribution in [1.82, 2.24) is 20.4 Å². The van der Waals surface area contributed by atoms with Gasteiger partial charge in [0.15, 0.2) is 5.82 Å². The minimum atomic E-state index is -0.259. The highest BCUT2D eigenvalue weighted by atomic mass is 16.5. The van der Waals surface area contributed by atoms with E-state index in [1.165, 1.54) is 11.0 Å². The first-order chi connectivity index (χ1) is 10.3. The van der Waals surface area contributed by atoms with E-state index in [0.717, 1.165) is 0 Å². The number of aromatic nitrogens is 2. The van der Waals surface area contributed by atoms with Crippen LogP contribution >= 0.6 is 0 Å². The Balaban J connectivity index is 2.40. The first kappa shape index (κ1) is 17.9. The fraction of sp³-hybridized carbons (Fsp3) is 0.600. The predicted molar refractivity (Wildman–Crippen MR) is 82.2 cm³/mol. The second-order valence-corrected chi connectivity index (χ2v) is 5.92. The molecule has 0 aliphatic rings. The van der Waals surface area contributed by atoms with E-state index in [2.05, 4.69) is 22.0 Å². The third-order valence-electron chi connectivity index (χ3n) is 2.98. The molecule has 0 saturated heterocycles. The van der Waals surface area contributed by atoms with Crippen LogP contribution in [0.1, 0.15) is 39.4 Å². The molecule has 7 heteroatoms. The second kappa shape index (κ2) is 7.72. The van der Waals surface area contributed by atoms with Gasteiger partial charge in [-0.1, -0.05) is 32.5 Å². The van der Waals surface area contributed by atoms with Gasteiger partial charge in [0.05, 0.1) is 6.54 Å². The zero-order valence-electron chi connectivity index (χ0n) is 13.7. The molecule has 22 heavy (non-hydrogen) atoms. The summed E-state index contributed by atoms with van der Waals surface area (Å²) in [5, 5.41) is 6.62. The number of carbonyl (C=O) groups excluding carboxylic acids is 2. The van der Waals surface area contributed by atoms with Gasteiger partial charge in [-0.2, -0.15) is 4.98 Å². The molecule has 1 N–H and O–H groups in total. The van der Waals surface area contributed by atoms with Crippen molar-refractivity contribution in [3.63, 3.8) is 0 Å². The number of rotatable bonds is 7. The topological polar surface area (TPSA) is 88.3 Å². The minimum Gasteiger partial charge on any atom is -0.354 e. The third kappa shape index (κ3) is 5.31. The van der Waals surface area contributed by atoms with Gasteiger partial charge in [-0.3, -0.25) is 9.59 Å². The maximum Gasteiger partial charge on any atom is 0.246 e. The molecule has 122 valence electrons. The number of nitrogens with zero attached hydrogens (tertiary/aromatic N) is 3. The van der Waals surface area contributed by atoms with Crippen molar-refractivity contribution in [3.8, 4) is 0 Å². The first-order valence-corrected chi connectivity index (χ1v) is 7.29. The predicted octanol–water partition coefficient (Wildman–Crippen LogP) is 1.06. The second-order valence-electron chi connectivity index (χ2n) is 5.92. The highest BCUT2D eigenvalue weighted by molar-refractivity contribution is 5.90. The van der Waals surface area contributed by atoms with E-state index >= 15 is 0 Å². The number of likely N-dealkylation sites (N-methyl/N-ethyl adjacent to an activating group) is 1. The van der Waals surface area contributed by atoms with E-state index in [-0.39, 0.29) is 23.8 Å². The number of carbonyl (C=O) groups is 2. The van der Waals surface area contributed by atoms with Crippen LogP contribution in [0.2, 0.25) is 0 Å². The fourth-order valence-corrected chi connectivity index (χ4v) is 1.68. The number of nitrogens with one attached hydrogen (secondary N) is 1. The summed E-state index contributed by atoms with van der Waals surface area (Å²) in [5.74, 6) is 0.643. The molecule has 0 radical (unpaired) electrons. The lowest BCUT2D eigenvalue weighted by molar-refractivity contribution is -0.132. The Kier molecular flexibility index (Phi) is 6.27. The summed E-state index contributed by atoms with van der Waals surface area (Å²) in [4.78, 5) is 29.0. The maximum absolute atomic E-state index is 11.8. The molecule has 0 aliphatic heterocycles. The van der Waals surface area contributed by atoms with Crippen LogP contribution in [-0.4, -0.2) is 46.5 Å². The van der Waals surface area contributed by atoms with Gasteiger partial charge in [-0.25, -0.2) is 0 Å². The summed E-state index contributed by atoms with van der Waals surface area (Å²) in [5.41, 5.74) is -0.193. The third-order valence-corrected chi connectivity index (χ3v) is 2.98. The lowest BCUT2D eigenvalue weighted by Gasteiger charge is -2.18. The van der Waals surface area contributed by atoms with Crippen LogP contribution < -0.4 is 5.32 Å². The van der Waals surface area contributed by atoms with E-state index in [4.69, 9.17) is 4.52 Å². The molecule has 2 amide bonds. The average Bonchev–Trinajstić information content (AvgIpc) is 2.93. The van der Waals surface area contributed by atoms with Gasteiger partial charge in [0, 0.05) is 24.9 Å². The quantitative estimate of drug-likeness (QED) is 0.761. The van der Waals surface area contributed by atoms with Gasteiger partial charge in [0.25, 0.3) is 0 Å². The maximum atomic E-state index is 11.8. The molecule has 1 heterocycles. The summed E-state index contributed by atoms with van der Waals surface area (Å²) < 4.78 is 5.18. The molecule has 0 unspecified atom stereocenters. The molecule has 1 aromatic heterocycles. The SMILES string of the molecule is C=CC(=O)N(CC)CC(=O)NCCc1noc(C(C)(C)C)n1. The summed E-state index contributed by atoms with van der Waals surface area (Å²) in [7, 11) is 0. The number of hydrogen-bond acceptors (Lipinski definition) is 5. The molecule has 0 atom stereocenters. The van der Waals surface area contributed by atoms with Crippen molar-refractivity contribution >= 4 is 11.8 Å². The zero-order valence-corrected chi connectivity index (χ0v) is 13.7. The Morgan fingerprint density at radius 3 is 2.59 bits per heavy atom. The Bertz CT molecular complexity index is 531. The van der Waals surface area contributed by atoms with Crippen molar-refractivity contribution in [2.24, 2.45) is 0 Å². The van der Waals surface area contributed by atoms with Gasteiger partial charge in [-0.05, 0) is 13.0 Å². The summed E-state index contributed by atoms with van der Waals surface area (Å²) in [6, 6.07) is 0. The van der Waals surface area contributed by atoms with Gasteiger partial charge >= 0.3 is 0 Å². The molecule has 0 aliphatic carbocycles. The summed E-state index contributed by atoms with van der Waals surface area (Å²) in [6.45, 7) is 12.0. The van der Waals surface area contributed by atoms with E-state index in [1.807, 2.05) is 27.7 Å². The van der Waals surface area contributed by atoms with E-state index in [0.29, 0.717) is 31.2 Å². The van der Waals surface area contributed by atoms with Crippen molar-refractivity contribution in [1.29, 1.82) is 0 Å². The largest absolute Gasteiger partial charge is 0.354 e. The molecule has 0 bridgehead atoms. The van der Waals surface area contributed by atoms with Crippen molar-refractivity contribution in [3.05, 3.63) is 24.4 Å². The first-order valence-electron chi connectivity index (χ1n) is 7.29. The Morgan fingerprint density at radius 2 is 2.09 bits per heavy atom. The fourth-order valence-electron chi connectivity index (χ4n) is 1.68. The minimum absolute atomic E-state index is 0.0147. The Hall–Kier alpha value is -2.18. The van der Waals surface area contributed by atoms with Crippen LogP contribution in [0.5, 0.6) is 0 Å². The van der Waals surface area contributed by atoms with Gasteiger partial charge in [0.1, 0.15) is 0 Å². The van der Waals surface area contributed by atoms with Crippen molar-refractivity contribution in [2.75, 3.05) is 19.6 Å². The smallest absolute Gasteiger partial charge is 0.246 e. The van der Waals surface area contributed by atoms with Crippen LogP contribution in [0.15, 0.2) is 17.2 Å². The highest BCUT2D eigenvalue weighted by Gasteiger charge is 2.21. The summed E-state index contributed by atoms with van der Waals surface area (Å²) >= 11 is 0. The summed E-state index contributed by atoms with van der Waals surface area (Å²) in [6.07, 6.45) is 1.68. The van der Waals surface area contributed by atoms with Crippen LogP contribution in [0.25, 0.3) is 0 Å². The van der Waals surface area contributed by atoms with E-state index in [1.54, 1.807) is 0 Å². The number of amides is 2. The van der Waals surface area contributed by atoms with Crippen molar-refractivity contribution in [2.45, 2.75) is 39.5 Å².